The molecule has 3 aromatic rings. The Labute approximate surface area is 210 Å². The third-order valence-corrected chi connectivity index (χ3v) is 7.44. The quantitative estimate of drug-likeness (QED) is 0.428. The van der Waals surface area contributed by atoms with Gasteiger partial charge in [-0.15, -0.1) is 0 Å². The van der Waals surface area contributed by atoms with E-state index in [0.29, 0.717) is 22.7 Å². The van der Waals surface area contributed by atoms with Gasteiger partial charge in [0, 0.05) is 11.9 Å². The molecule has 0 aliphatic heterocycles. The van der Waals surface area contributed by atoms with Gasteiger partial charge in [0.25, 0.3) is 10.0 Å². The van der Waals surface area contributed by atoms with E-state index in [-0.39, 0.29) is 21.3 Å². The highest BCUT2D eigenvalue weighted by Crippen LogP contribution is 2.36. The first kappa shape index (κ1) is 27.2. The summed E-state index contributed by atoms with van der Waals surface area (Å²) in [7, 11) is -8.17. The van der Waals surface area contributed by atoms with Crippen LogP contribution in [0.4, 0.5) is 30.2 Å². The number of pyridine rings is 1. The van der Waals surface area contributed by atoms with E-state index in [1.807, 2.05) is 0 Å². The van der Waals surface area contributed by atoms with E-state index in [0.717, 1.165) is 6.07 Å². The zero-order valence-corrected chi connectivity index (χ0v) is 20.7. The summed E-state index contributed by atoms with van der Waals surface area (Å²) in [6, 6.07) is 10.1. The number of benzene rings is 2. The molecule has 1 heterocycles. The van der Waals surface area contributed by atoms with Gasteiger partial charge in [-0.3, -0.25) is 18.8 Å². The summed E-state index contributed by atoms with van der Waals surface area (Å²) in [4.78, 5) is 16.2. The number of anilines is 3. The van der Waals surface area contributed by atoms with Crippen LogP contribution >= 0.6 is 11.6 Å². The van der Waals surface area contributed by atoms with E-state index < -0.39 is 49.9 Å². The highest BCUT2D eigenvalue weighted by atomic mass is 35.5. The Morgan fingerprint density at radius 1 is 1.03 bits per heavy atom. The number of rotatable bonds is 8. The third-order valence-electron chi connectivity index (χ3n) is 4.59. The second kappa shape index (κ2) is 10.3. The zero-order valence-electron chi connectivity index (χ0n) is 18.3. The van der Waals surface area contributed by atoms with Crippen molar-refractivity contribution < 1.29 is 34.8 Å². The molecule has 2 N–H and O–H groups in total. The van der Waals surface area contributed by atoms with Crippen molar-refractivity contribution in [3.63, 3.8) is 0 Å². The molecule has 0 spiro atoms. The lowest BCUT2D eigenvalue weighted by Crippen LogP contribution is -2.37. The van der Waals surface area contributed by atoms with Crippen molar-refractivity contribution in [3.8, 4) is 0 Å². The van der Waals surface area contributed by atoms with Crippen LogP contribution in [0.3, 0.4) is 0 Å². The van der Waals surface area contributed by atoms with Gasteiger partial charge < -0.3 is 5.32 Å². The number of carbonyl (C=O) groups is 1. The number of sulfonamides is 2. The van der Waals surface area contributed by atoms with E-state index in [2.05, 4.69) is 15.0 Å². The molecule has 1 amide bonds. The van der Waals surface area contributed by atoms with Crippen molar-refractivity contribution in [3.05, 3.63) is 77.6 Å². The Morgan fingerprint density at radius 3 is 2.25 bits per heavy atom. The van der Waals surface area contributed by atoms with Crippen LogP contribution in [-0.4, -0.2) is 40.5 Å². The lowest BCUT2D eigenvalue weighted by atomic mass is 10.2. The maximum absolute atomic E-state index is 13.1. The summed E-state index contributed by atoms with van der Waals surface area (Å²) in [6.07, 6.45) is -1.26. The monoisotopic (exact) mass is 562 g/mol. The molecule has 0 fully saturated rings. The van der Waals surface area contributed by atoms with Gasteiger partial charge in [0.15, 0.2) is 0 Å². The van der Waals surface area contributed by atoms with Gasteiger partial charge in [-0.05, 0) is 54.6 Å². The van der Waals surface area contributed by atoms with E-state index in [1.165, 1.54) is 42.7 Å². The van der Waals surface area contributed by atoms with Crippen LogP contribution in [-0.2, 0) is 31.0 Å². The number of aromatic nitrogens is 1. The highest BCUT2D eigenvalue weighted by molar-refractivity contribution is 7.92. The van der Waals surface area contributed by atoms with Crippen LogP contribution in [0, 0.1) is 0 Å². The van der Waals surface area contributed by atoms with Gasteiger partial charge in [-0.1, -0.05) is 11.6 Å². The van der Waals surface area contributed by atoms with E-state index in [1.54, 1.807) is 6.07 Å². The van der Waals surface area contributed by atoms with Crippen molar-refractivity contribution >= 4 is 54.6 Å². The molecule has 0 aliphatic carbocycles. The number of nitrogens with zero attached hydrogens (tertiary/aromatic N) is 2. The van der Waals surface area contributed by atoms with Crippen molar-refractivity contribution in [2.24, 2.45) is 0 Å². The van der Waals surface area contributed by atoms with Crippen molar-refractivity contribution in [1.82, 2.24) is 4.98 Å². The number of amides is 1. The minimum Gasteiger partial charge on any atom is -0.325 e. The van der Waals surface area contributed by atoms with E-state index in [9.17, 15) is 34.8 Å². The summed E-state index contributed by atoms with van der Waals surface area (Å²) in [5, 5.41) is 2.06. The Hall–Kier alpha value is -3.36. The molecular weight excluding hydrogens is 545 g/mol. The molecular formula is C21H18ClF3N4O5S2. The van der Waals surface area contributed by atoms with Crippen molar-refractivity contribution in [1.29, 1.82) is 0 Å². The number of carbonyl (C=O) groups excluding carboxylic acids is 1. The SMILES string of the molecule is CS(=O)(=O)N(CC(=O)Nc1ccc(S(=O)(=O)Nc2cccnc2)cc1)c1cc(C(F)(F)F)ccc1Cl. The Bertz CT molecular complexity index is 1470. The Morgan fingerprint density at radius 2 is 1.69 bits per heavy atom. The molecule has 0 atom stereocenters. The Kier molecular flexibility index (Phi) is 7.81. The van der Waals surface area contributed by atoms with Crippen molar-refractivity contribution in [2.45, 2.75) is 11.1 Å². The molecule has 1 aromatic heterocycles. The fourth-order valence-electron chi connectivity index (χ4n) is 2.95. The predicted octanol–water partition coefficient (Wildman–Crippen LogP) is 3.96. The Balaban J connectivity index is 1.78. The lowest BCUT2D eigenvalue weighted by molar-refractivity contribution is -0.137. The smallest absolute Gasteiger partial charge is 0.325 e. The van der Waals surface area contributed by atoms with Gasteiger partial charge in [-0.2, -0.15) is 13.2 Å². The largest absolute Gasteiger partial charge is 0.416 e. The molecule has 0 aliphatic rings. The lowest BCUT2D eigenvalue weighted by Gasteiger charge is -2.24. The van der Waals surface area contributed by atoms with Crippen molar-refractivity contribution in [2.75, 3.05) is 27.1 Å². The maximum Gasteiger partial charge on any atom is 0.416 e. The van der Waals surface area contributed by atoms with Gasteiger partial charge in [0.05, 0.1) is 39.3 Å². The second-order valence-electron chi connectivity index (χ2n) is 7.35. The first-order valence-corrected chi connectivity index (χ1v) is 13.5. The summed E-state index contributed by atoms with van der Waals surface area (Å²) >= 11 is 5.94. The van der Waals surface area contributed by atoms with Crippen LogP contribution in [0.2, 0.25) is 5.02 Å². The van der Waals surface area contributed by atoms with Gasteiger partial charge in [0.1, 0.15) is 6.54 Å². The first-order chi connectivity index (χ1) is 16.7. The minimum absolute atomic E-state index is 0.115. The first-order valence-electron chi connectivity index (χ1n) is 9.84. The molecule has 0 unspecified atom stereocenters. The molecule has 0 saturated heterocycles. The molecule has 0 saturated carbocycles. The average molecular weight is 563 g/mol. The molecule has 36 heavy (non-hydrogen) atoms. The third kappa shape index (κ3) is 6.86. The zero-order chi connectivity index (χ0) is 26.7. The number of hydrogen-bond acceptors (Lipinski definition) is 6. The van der Waals surface area contributed by atoms with E-state index in [4.69, 9.17) is 11.6 Å². The van der Waals surface area contributed by atoms with Crippen LogP contribution in [0.15, 0.2) is 71.9 Å². The predicted molar refractivity (Wildman–Crippen MR) is 129 cm³/mol. The summed E-state index contributed by atoms with van der Waals surface area (Å²) in [5.41, 5.74) is -1.31. The van der Waals surface area contributed by atoms with Crippen LogP contribution in [0.5, 0.6) is 0 Å². The molecule has 0 bridgehead atoms. The number of alkyl halides is 3. The number of nitrogens with one attached hydrogen (secondary N) is 2. The summed E-state index contributed by atoms with van der Waals surface area (Å²) in [6.45, 7) is -0.886. The number of halogens is 4. The highest BCUT2D eigenvalue weighted by Gasteiger charge is 2.33. The van der Waals surface area contributed by atoms with Gasteiger partial charge in [-0.25, -0.2) is 16.8 Å². The minimum atomic E-state index is -4.77. The molecule has 192 valence electrons. The topological polar surface area (TPSA) is 126 Å². The molecule has 2 aromatic carbocycles. The van der Waals surface area contributed by atoms with Gasteiger partial charge >= 0.3 is 6.18 Å². The standard InChI is InChI=1S/C21H18ClF3N4O5S2/c1-35(31,32)29(19-11-14(21(23,24)25)4-9-18(19)22)13-20(30)27-15-5-7-17(8-6-15)36(33,34)28-16-3-2-10-26-12-16/h2-12,28H,13H2,1H3,(H,27,30). The normalized spacial score (nSPS) is 12.1. The van der Waals surface area contributed by atoms with Crippen LogP contribution in [0.25, 0.3) is 0 Å². The molecule has 9 nitrogen and oxygen atoms in total. The fourth-order valence-corrected chi connectivity index (χ4v) is 5.12. The summed E-state index contributed by atoms with van der Waals surface area (Å²) in [5.74, 6) is -0.905. The van der Waals surface area contributed by atoms with Gasteiger partial charge in [0.2, 0.25) is 15.9 Å². The molecule has 3 rings (SSSR count). The fraction of sp³-hybridized carbons (Fsp3) is 0.143. The molecule has 0 radical (unpaired) electrons. The van der Waals surface area contributed by atoms with Crippen LogP contribution < -0.4 is 14.3 Å². The summed E-state index contributed by atoms with van der Waals surface area (Å²) < 4.78 is 91.6. The maximum atomic E-state index is 13.1. The average Bonchev–Trinajstić information content (AvgIpc) is 2.77. The number of hydrogen-bond donors (Lipinski definition) is 2. The van der Waals surface area contributed by atoms with E-state index >= 15 is 0 Å². The second-order valence-corrected chi connectivity index (χ2v) is 11.3. The van der Waals surface area contributed by atoms with Crippen LogP contribution in [0.1, 0.15) is 5.56 Å². The molecule has 15 heteroatoms.